The van der Waals surface area contributed by atoms with Crippen LogP contribution in [0, 0.1) is 5.92 Å². The van der Waals surface area contributed by atoms with Gasteiger partial charge in [-0.1, -0.05) is 34.7 Å². The summed E-state index contributed by atoms with van der Waals surface area (Å²) in [7, 11) is 0. The number of nitrogens with zero attached hydrogens (tertiary/aromatic N) is 4. The van der Waals surface area contributed by atoms with Crippen LogP contribution in [0.1, 0.15) is 28.9 Å². The van der Waals surface area contributed by atoms with Crippen molar-refractivity contribution in [1.29, 1.82) is 0 Å². The number of amides is 1. The molecule has 7 nitrogen and oxygen atoms in total. The Balaban J connectivity index is 1.34. The summed E-state index contributed by atoms with van der Waals surface area (Å²) in [6.07, 6.45) is 9.76. The molecule has 8 heteroatoms. The van der Waals surface area contributed by atoms with Gasteiger partial charge in [0, 0.05) is 29.1 Å². The van der Waals surface area contributed by atoms with E-state index in [0.29, 0.717) is 29.7 Å². The number of allylic oxidation sites excluding steroid dienone is 1. The number of carbonyl (C=O) groups is 1. The zero-order valence-electron chi connectivity index (χ0n) is 16.0. The number of dihydropyridines is 1. The zero-order chi connectivity index (χ0) is 20.6. The monoisotopic (exact) mass is 511 g/mol. The van der Waals surface area contributed by atoms with E-state index in [1.54, 1.807) is 18.3 Å². The van der Waals surface area contributed by atoms with Gasteiger partial charge in [-0.3, -0.25) is 14.8 Å². The van der Waals surface area contributed by atoms with Crippen molar-refractivity contribution in [3.8, 4) is 11.5 Å². The molecule has 5 rings (SSSR count). The molecule has 150 valence electrons. The second kappa shape index (κ2) is 7.75. The van der Waals surface area contributed by atoms with Crippen LogP contribution in [0.3, 0.4) is 0 Å². The summed E-state index contributed by atoms with van der Waals surface area (Å²) in [5, 5.41) is 10.5. The van der Waals surface area contributed by atoms with Gasteiger partial charge in [-0.2, -0.15) is 0 Å². The largest absolute Gasteiger partial charge is 0.423 e. The smallest absolute Gasteiger partial charge is 0.274 e. The molecule has 1 N–H and O–H groups in total. The fourth-order valence-corrected chi connectivity index (χ4v) is 4.08. The first-order valence-electron chi connectivity index (χ1n) is 9.68. The van der Waals surface area contributed by atoms with Crippen LogP contribution in [0.25, 0.3) is 11.5 Å². The van der Waals surface area contributed by atoms with Gasteiger partial charge in [-0.25, -0.2) is 0 Å². The third-order valence-corrected chi connectivity index (χ3v) is 6.53. The Morgan fingerprint density at radius 1 is 1.23 bits per heavy atom. The van der Waals surface area contributed by atoms with E-state index >= 15 is 0 Å². The molecule has 0 spiro atoms. The maximum Gasteiger partial charge on any atom is 0.274 e. The molecule has 30 heavy (non-hydrogen) atoms. The normalized spacial score (nSPS) is 20.6. The van der Waals surface area contributed by atoms with Crippen LogP contribution in [0.4, 0.5) is 5.69 Å². The average molecular weight is 511 g/mol. The molecule has 2 aliphatic rings. The van der Waals surface area contributed by atoms with E-state index in [4.69, 9.17) is 9.41 Å². The number of nitrogens with one attached hydrogen (secondary N) is 1. The topological polar surface area (TPSA) is 93.3 Å². The van der Waals surface area contributed by atoms with E-state index in [-0.39, 0.29) is 9.33 Å². The fourth-order valence-electron chi connectivity index (χ4n) is 3.40. The highest BCUT2D eigenvalue weighted by Crippen LogP contribution is 2.39. The minimum atomic E-state index is -0.276. The molecule has 0 saturated heterocycles. The molecule has 1 aromatic carbocycles. The number of carbonyl (C=O) groups excluding carboxylic acids is 1. The predicted molar refractivity (Wildman–Crippen MR) is 122 cm³/mol. The lowest BCUT2D eigenvalue weighted by atomic mass is 9.95. The summed E-state index contributed by atoms with van der Waals surface area (Å²) in [5.41, 5.74) is 3.93. The fraction of sp³-hybridized carbons (Fsp3) is 0.227. The van der Waals surface area contributed by atoms with E-state index < -0.39 is 0 Å². The van der Waals surface area contributed by atoms with Gasteiger partial charge in [-0.05, 0) is 54.8 Å². The van der Waals surface area contributed by atoms with Gasteiger partial charge in [0.25, 0.3) is 5.91 Å². The summed E-state index contributed by atoms with van der Waals surface area (Å²) in [6.45, 7) is 0.674. The summed E-state index contributed by atoms with van der Waals surface area (Å²) in [4.78, 5) is 21.9. The number of anilines is 1. The van der Waals surface area contributed by atoms with E-state index in [0.717, 1.165) is 11.1 Å². The lowest BCUT2D eigenvalue weighted by Crippen LogP contribution is -2.25. The van der Waals surface area contributed by atoms with Crippen molar-refractivity contribution < 1.29 is 9.21 Å². The van der Waals surface area contributed by atoms with Crippen LogP contribution >= 0.6 is 22.6 Å². The van der Waals surface area contributed by atoms with Gasteiger partial charge < -0.3 is 9.73 Å². The van der Waals surface area contributed by atoms with Crippen molar-refractivity contribution in [2.75, 3.05) is 11.9 Å². The first-order valence-corrected chi connectivity index (χ1v) is 10.8. The third-order valence-electron chi connectivity index (χ3n) is 5.21. The highest BCUT2D eigenvalue weighted by molar-refractivity contribution is 14.1. The van der Waals surface area contributed by atoms with Crippen LogP contribution in [0.2, 0.25) is 0 Å². The van der Waals surface area contributed by atoms with Crippen molar-refractivity contribution in [2.45, 2.75) is 16.3 Å². The molecule has 1 aliphatic carbocycles. The number of benzene rings is 1. The van der Waals surface area contributed by atoms with E-state index in [1.807, 2.05) is 24.3 Å². The van der Waals surface area contributed by atoms with Crippen molar-refractivity contribution >= 4 is 39.9 Å². The Morgan fingerprint density at radius 3 is 2.87 bits per heavy atom. The summed E-state index contributed by atoms with van der Waals surface area (Å²) < 4.78 is 4.95. The minimum Gasteiger partial charge on any atom is -0.423 e. The van der Waals surface area contributed by atoms with Crippen LogP contribution in [0.5, 0.6) is 0 Å². The molecule has 1 unspecified atom stereocenters. The maximum absolute atomic E-state index is 12.8. The molecular weight excluding hydrogens is 493 g/mol. The molecule has 0 radical (unpaired) electrons. The zero-order valence-corrected chi connectivity index (χ0v) is 18.1. The number of aromatic nitrogens is 3. The van der Waals surface area contributed by atoms with Crippen LogP contribution in [-0.2, 0) is 3.42 Å². The molecular formula is C22H18IN5O2. The van der Waals surface area contributed by atoms with Crippen molar-refractivity contribution in [2.24, 2.45) is 10.9 Å². The Labute approximate surface area is 186 Å². The van der Waals surface area contributed by atoms with Crippen LogP contribution in [0.15, 0.2) is 70.6 Å². The highest BCUT2D eigenvalue weighted by atomic mass is 127. The Hall–Kier alpha value is -2.88. The lowest BCUT2D eigenvalue weighted by Gasteiger charge is -2.26. The molecule has 2 aromatic heterocycles. The average Bonchev–Trinajstić information content (AvgIpc) is 3.47. The molecule has 1 atom stereocenters. The number of rotatable bonds is 5. The molecule has 3 aromatic rings. The van der Waals surface area contributed by atoms with Gasteiger partial charge in [-0.15, -0.1) is 10.2 Å². The summed E-state index contributed by atoms with van der Waals surface area (Å²) >= 11 is 2.41. The molecule has 1 saturated carbocycles. The number of hydrogen-bond donors (Lipinski definition) is 1. The number of hydrogen-bond acceptors (Lipinski definition) is 6. The number of aliphatic imine (C=N–C) groups is 1. The van der Waals surface area contributed by atoms with Gasteiger partial charge in [0.05, 0.1) is 9.97 Å². The first-order chi connectivity index (χ1) is 14.6. The Morgan fingerprint density at radius 2 is 2.13 bits per heavy atom. The van der Waals surface area contributed by atoms with Crippen molar-refractivity contribution in [3.63, 3.8) is 0 Å². The van der Waals surface area contributed by atoms with E-state index in [2.05, 4.69) is 55.2 Å². The lowest BCUT2D eigenvalue weighted by molar-refractivity contribution is 0.102. The third kappa shape index (κ3) is 3.91. The van der Waals surface area contributed by atoms with Gasteiger partial charge in [0.1, 0.15) is 5.69 Å². The van der Waals surface area contributed by atoms with Gasteiger partial charge in [0.2, 0.25) is 12.3 Å². The summed E-state index contributed by atoms with van der Waals surface area (Å²) in [6, 6.07) is 11.0. The van der Waals surface area contributed by atoms with Gasteiger partial charge >= 0.3 is 0 Å². The number of halogens is 1. The Bertz CT molecular complexity index is 1150. The molecule has 1 aliphatic heterocycles. The molecule has 0 bridgehead atoms. The van der Waals surface area contributed by atoms with Crippen LogP contribution in [-0.4, -0.2) is 33.3 Å². The number of pyridine rings is 1. The second-order valence-electron chi connectivity index (χ2n) is 7.42. The van der Waals surface area contributed by atoms with E-state index in [9.17, 15) is 4.79 Å². The maximum atomic E-state index is 12.8. The predicted octanol–water partition coefficient (Wildman–Crippen LogP) is 4.44. The van der Waals surface area contributed by atoms with Crippen molar-refractivity contribution in [1.82, 2.24) is 15.2 Å². The standard InChI is InChI=1S/C22H18IN5O2/c23-22(8-6-18(25-12-22)14-4-5-14)16-7-9-24-19(11-16)20(29)27-17-3-1-2-15(10-17)21-28-26-13-30-21/h1-3,6-11,13-14H,4-5,12H2,(H,27,29). The summed E-state index contributed by atoms with van der Waals surface area (Å²) in [5.74, 6) is 0.763. The Kier molecular flexibility index (Phi) is 4.93. The quantitative estimate of drug-likeness (QED) is 0.404. The molecule has 1 amide bonds. The van der Waals surface area contributed by atoms with E-state index in [1.165, 1.54) is 24.9 Å². The van der Waals surface area contributed by atoms with Gasteiger partial charge in [0.15, 0.2) is 0 Å². The van der Waals surface area contributed by atoms with Crippen molar-refractivity contribution in [3.05, 3.63) is 72.4 Å². The molecule has 3 heterocycles. The van der Waals surface area contributed by atoms with Crippen LogP contribution < -0.4 is 5.32 Å². The second-order valence-corrected chi connectivity index (χ2v) is 9.34. The highest BCUT2D eigenvalue weighted by Gasteiger charge is 2.33. The number of alkyl halides is 1. The SMILES string of the molecule is O=C(Nc1cccc(-c2nnco2)c1)c1cc(C2(I)C=CC(C3CC3)=NC2)ccn1. The molecule has 1 fully saturated rings. The first kappa shape index (κ1) is 19.1. The minimum absolute atomic E-state index is 0.272.